The molecule has 1 heterocycles. The van der Waals surface area contributed by atoms with Gasteiger partial charge in [-0.15, -0.1) is 0 Å². The highest BCUT2D eigenvalue weighted by Gasteiger charge is 2.20. The number of methoxy groups -OCH3 is 1. The SMILES string of the molecule is CCOC(=O)[C@H](C)Oc1c(C=Nn2c(-c3ccccc3)nc3ccccc3c2=O)cccc1OC. The third-order valence-electron chi connectivity index (χ3n) is 5.24. The number of esters is 1. The molecule has 0 aliphatic rings. The number of fused-ring (bicyclic) bond motifs is 1. The Kier molecular flexibility index (Phi) is 7.21. The molecule has 4 rings (SSSR count). The van der Waals surface area contributed by atoms with Gasteiger partial charge < -0.3 is 14.2 Å². The molecule has 0 N–H and O–H groups in total. The number of ether oxygens (including phenoxy) is 3. The van der Waals surface area contributed by atoms with Gasteiger partial charge in [0.1, 0.15) is 0 Å². The van der Waals surface area contributed by atoms with E-state index < -0.39 is 12.1 Å². The van der Waals surface area contributed by atoms with E-state index in [4.69, 9.17) is 19.2 Å². The van der Waals surface area contributed by atoms with E-state index in [1.54, 1.807) is 50.2 Å². The monoisotopic (exact) mass is 471 g/mol. The second kappa shape index (κ2) is 10.6. The molecule has 4 aromatic rings. The Morgan fingerprint density at radius 2 is 1.80 bits per heavy atom. The van der Waals surface area contributed by atoms with E-state index in [2.05, 4.69) is 5.10 Å². The van der Waals surface area contributed by atoms with Crippen molar-refractivity contribution in [3.63, 3.8) is 0 Å². The minimum atomic E-state index is -0.872. The van der Waals surface area contributed by atoms with Crippen molar-refractivity contribution in [2.75, 3.05) is 13.7 Å². The summed E-state index contributed by atoms with van der Waals surface area (Å²) < 4.78 is 17.6. The van der Waals surface area contributed by atoms with E-state index >= 15 is 0 Å². The van der Waals surface area contributed by atoms with Crippen molar-refractivity contribution in [1.82, 2.24) is 9.66 Å². The van der Waals surface area contributed by atoms with E-state index in [1.807, 2.05) is 36.4 Å². The Labute approximate surface area is 202 Å². The van der Waals surface area contributed by atoms with Gasteiger partial charge in [0.2, 0.25) is 0 Å². The lowest BCUT2D eigenvalue weighted by Crippen LogP contribution is -2.26. The molecule has 0 spiro atoms. The molecule has 8 nitrogen and oxygen atoms in total. The number of hydrogen-bond donors (Lipinski definition) is 0. The molecule has 0 aliphatic carbocycles. The molecule has 0 saturated carbocycles. The van der Waals surface area contributed by atoms with Crippen molar-refractivity contribution in [3.05, 3.63) is 88.7 Å². The van der Waals surface area contributed by atoms with Crippen LogP contribution in [0.15, 0.2) is 82.7 Å². The fraction of sp³-hybridized carbons (Fsp3) is 0.185. The first kappa shape index (κ1) is 23.7. The smallest absolute Gasteiger partial charge is 0.347 e. The Hall–Kier alpha value is -4.46. The predicted molar refractivity (Wildman–Crippen MR) is 134 cm³/mol. The zero-order valence-electron chi connectivity index (χ0n) is 19.7. The Balaban J connectivity index is 1.83. The van der Waals surface area contributed by atoms with Crippen LogP contribution in [-0.4, -0.2) is 41.7 Å². The number of carbonyl (C=O) groups is 1. The maximum absolute atomic E-state index is 13.4. The van der Waals surface area contributed by atoms with Gasteiger partial charge >= 0.3 is 5.97 Å². The summed E-state index contributed by atoms with van der Waals surface area (Å²) in [5.41, 5.74) is 1.53. The van der Waals surface area contributed by atoms with Crippen LogP contribution in [0.5, 0.6) is 11.5 Å². The van der Waals surface area contributed by atoms with Gasteiger partial charge in [0, 0.05) is 11.1 Å². The minimum Gasteiger partial charge on any atom is -0.493 e. The lowest BCUT2D eigenvalue weighted by atomic mass is 10.2. The summed E-state index contributed by atoms with van der Waals surface area (Å²) in [6.07, 6.45) is 0.614. The van der Waals surface area contributed by atoms with Gasteiger partial charge in [-0.1, -0.05) is 48.5 Å². The molecular formula is C27H25N3O5. The van der Waals surface area contributed by atoms with Crippen LogP contribution in [0.2, 0.25) is 0 Å². The molecule has 35 heavy (non-hydrogen) atoms. The number of aromatic nitrogens is 2. The van der Waals surface area contributed by atoms with Crippen LogP contribution in [0, 0.1) is 0 Å². The van der Waals surface area contributed by atoms with Crippen molar-refractivity contribution in [1.29, 1.82) is 0 Å². The normalized spacial score (nSPS) is 12.0. The van der Waals surface area contributed by atoms with Gasteiger partial charge in [-0.3, -0.25) is 4.79 Å². The second-order valence-corrected chi connectivity index (χ2v) is 7.57. The van der Waals surface area contributed by atoms with E-state index in [0.29, 0.717) is 33.8 Å². The van der Waals surface area contributed by atoms with Crippen LogP contribution in [0.25, 0.3) is 22.3 Å². The van der Waals surface area contributed by atoms with Gasteiger partial charge in [-0.05, 0) is 38.1 Å². The summed E-state index contributed by atoms with van der Waals surface area (Å²) in [6.45, 7) is 3.56. The summed E-state index contributed by atoms with van der Waals surface area (Å²) in [6, 6.07) is 21.7. The van der Waals surface area contributed by atoms with Crippen LogP contribution in [0.3, 0.4) is 0 Å². The van der Waals surface area contributed by atoms with Crippen molar-refractivity contribution < 1.29 is 19.0 Å². The summed E-state index contributed by atoms with van der Waals surface area (Å²) in [5.74, 6) is 0.623. The third kappa shape index (κ3) is 5.06. The largest absolute Gasteiger partial charge is 0.493 e. The first-order valence-electron chi connectivity index (χ1n) is 11.1. The number of rotatable bonds is 8. The van der Waals surface area contributed by atoms with Gasteiger partial charge in [0.05, 0.1) is 30.8 Å². The molecule has 8 heteroatoms. The molecule has 0 saturated heterocycles. The summed E-state index contributed by atoms with van der Waals surface area (Å²) in [7, 11) is 1.50. The van der Waals surface area contributed by atoms with E-state index in [9.17, 15) is 9.59 Å². The van der Waals surface area contributed by atoms with Crippen molar-refractivity contribution in [2.45, 2.75) is 20.0 Å². The molecule has 0 unspecified atom stereocenters. The molecule has 0 aliphatic heterocycles. The average Bonchev–Trinajstić information content (AvgIpc) is 2.89. The molecule has 0 fully saturated rings. The summed E-state index contributed by atoms with van der Waals surface area (Å²) in [4.78, 5) is 30.2. The third-order valence-corrected chi connectivity index (χ3v) is 5.24. The zero-order chi connectivity index (χ0) is 24.8. The Morgan fingerprint density at radius 1 is 1.06 bits per heavy atom. The fourth-order valence-electron chi connectivity index (χ4n) is 3.53. The number of benzene rings is 3. The van der Waals surface area contributed by atoms with Crippen LogP contribution in [0.4, 0.5) is 0 Å². The lowest BCUT2D eigenvalue weighted by molar-refractivity contribution is -0.150. The first-order valence-corrected chi connectivity index (χ1v) is 11.1. The van der Waals surface area contributed by atoms with Gasteiger partial charge in [0.15, 0.2) is 23.4 Å². The Morgan fingerprint density at radius 3 is 2.54 bits per heavy atom. The highest BCUT2D eigenvalue weighted by molar-refractivity contribution is 5.86. The first-order chi connectivity index (χ1) is 17.0. The number of carbonyl (C=O) groups excluding carboxylic acids is 1. The number of nitrogens with zero attached hydrogens (tertiary/aromatic N) is 3. The maximum Gasteiger partial charge on any atom is 0.347 e. The van der Waals surface area contributed by atoms with Crippen LogP contribution < -0.4 is 15.0 Å². The summed E-state index contributed by atoms with van der Waals surface area (Å²) in [5, 5.41) is 4.94. The highest BCUT2D eigenvalue weighted by Crippen LogP contribution is 2.31. The van der Waals surface area contributed by atoms with Crippen molar-refractivity contribution >= 4 is 23.1 Å². The topological polar surface area (TPSA) is 92.0 Å². The van der Waals surface area contributed by atoms with Gasteiger partial charge in [-0.25, -0.2) is 9.78 Å². The standard InChI is InChI=1S/C27H25N3O5/c1-4-34-27(32)18(2)35-24-20(13-10-16-23(24)33-3)17-28-30-25(19-11-6-5-7-12-19)29-22-15-9-8-14-21(22)26(30)31/h5-18H,4H2,1-3H3/t18-/m0/s1. The highest BCUT2D eigenvalue weighted by atomic mass is 16.6. The molecule has 1 aromatic heterocycles. The fourth-order valence-corrected chi connectivity index (χ4v) is 3.53. The van der Waals surface area contributed by atoms with Gasteiger partial charge in [0.25, 0.3) is 5.56 Å². The molecule has 0 amide bonds. The average molecular weight is 472 g/mol. The molecule has 178 valence electrons. The molecular weight excluding hydrogens is 446 g/mol. The van der Waals surface area contributed by atoms with E-state index in [0.717, 1.165) is 5.56 Å². The zero-order valence-corrected chi connectivity index (χ0v) is 19.7. The molecule has 3 aromatic carbocycles. The number of para-hydroxylation sites is 2. The van der Waals surface area contributed by atoms with Gasteiger partial charge in [-0.2, -0.15) is 9.78 Å². The Bertz CT molecular complexity index is 1430. The summed E-state index contributed by atoms with van der Waals surface area (Å²) >= 11 is 0. The molecule has 0 bridgehead atoms. The maximum atomic E-state index is 13.4. The van der Waals surface area contributed by atoms with E-state index in [1.165, 1.54) is 18.0 Å². The minimum absolute atomic E-state index is 0.243. The van der Waals surface area contributed by atoms with Crippen LogP contribution in [-0.2, 0) is 9.53 Å². The van der Waals surface area contributed by atoms with Crippen LogP contribution in [0.1, 0.15) is 19.4 Å². The quantitative estimate of drug-likeness (QED) is 0.281. The van der Waals surface area contributed by atoms with E-state index in [-0.39, 0.29) is 12.2 Å². The van der Waals surface area contributed by atoms with Crippen molar-refractivity contribution in [3.8, 4) is 22.9 Å². The molecule has 1 atom stereocenters. The van der Waals surface area contributed by atoms with Crippen LogP contribution >= 0.6 is 0 Å². The second-order valence-electron chi connectivity index (χ2n) is 7.57. The lowest BCUT2D eigenvalue weighted by Gasteiger charge is -2.17. The molecule has 0 radical (unpaired) electrons. The predicted octanol–water partition coefficient (Wildman–Crippen LogP) is 4.28. The number of hydrogen-bond acceptors (Lipinski definition) is 7. The van der Waals surface area contributed by atoms with Crippen molar-refractivity contribution in [2.24, 2.45) is 5.10 Å².